The van der Waals surface area contributed by atoms with Crippen molar-refractivity contribution >= 4 is 6.29 Å². The van der Waals surface area contributed by atoms with Crippen molar-refractivity contribution in [2.45, 2.75) is 59.3 Å². The van der Waals surface area contributed by atoms with Crippen LogP contribution in [0.1, 0.15) is 59.3 Å². The first kappa shape index (κ1) is 12.9. The summed E-state index contributed by atoms with van der Waals surface area (Å²) in [5, 5.41) is 0. The van der Waals surface area contributed by atoms with Crippen LogP contribution in [0.4, 0.5) is 0 Å². The molecule has 0 radical (unpaired) electrons. The van der Waals surface area contributed by atoms with E-state index in [0.717, 1.165) is 18.6 Å². The first-order valence-electron chi connectivity index (χ1n) is 7.03. The second-order valence-corrected chi connectivity index (χ2v) is 7.08. The van der Waals surface area contributed by atoms with Gasteiger partial charge in [0, 0.05) is 6.42 Å². The van der Waals surface area contributed by atoms with E-state index in [1.54, 1.807) is 0 Å². The van der Waals surface area contributed by atoms with Crippen LogP contribution in [0.3, 0.4) is 0 Å². The first-order chi connectivity index (χ1) is 7.92. The van der Waals surface area contributed by atoms with Gasteiger partial charge in [-0.25, -0.2) is 0 Å². The molecule has 0 aromatic carbocycles. The molecule has 17 heavy (non-hydrogen) atoms. The van der Waals surface area contributed by atoms with Crippen LogP contribution >= 0.6 is 0 Å². The molecule has 0 aromatic rings. The predicted molar refractivity (Wildman–Crippen MR) is 71.8 cm³/mol. The van der Waals surface area contributed by atoms with Gasteiger partial charge in [-0.3, -0.25) is 0 Å². The van der Waals surface area contributed by atoms with Crippen molar-refractivity contribution in [3.05, 3.63) is 12.2 Å². The van der Waals surface area contributed by atoms with Gasteiger partial charge in [0.1, 0.15) is 6.29 Å². The molecule has 0 amide bonds. The zero-order valence-corrected chi connectivity index (χ0v) is 11.6. The van der Waals surface area contributed by atoms with Crippen LogP contribution in [0.15, 0.2) is 12.2 Å². The van der Waals surface area contributed by atoms with Crippen LogP contribution in [0.25, 0.3) is 0 Å². The molecule has 0 aliphatic heterocycles. The molecule has 1 nitrogen and oxygen atoms in total. The highest BCUT2D eigenvalue weighted by atomic mass is 16.1. The molecule has 2 aliphatic carbocycles. The minimum Gasteiger partial charge on any atom is -0.303 e. The Labute approximate surface area is 106 Å². The maximum Gasteiger partial charge on any atom is 0.120 e. The highest BCUT2D eigenvalue weighted by molar-refractivity contribution is 5.51. The lowest BCUT2D eigenvalue weighted by Crippen LogP contribution is -2.50. The average Bonchev–Trinajstić information content (AvgIpc) is 2.23. The van der Waals surface area contributed by atoms with Crippen molar-refractivity contribution in [1.82, 2.24) is 0 Å². The van der Waals surface area contributed by atoms with Crippen LogP contribution < -0.4 is 0 Å². The van der Waals surface area contributed by atoms with E-state index in [2.05, 4.69) is 27.4 Å². The number of hydrogen-bond donors (Lipinski definition) is 0. The molecule has 2 rings (SSSR count). The van der Waals surface area contributed by atoms with Gasteiger partial charge in [-0.05, 0) is 41.9 Å². The molecule has 0 heterocycles. The van der Waals surface area contributed by atoms with Gasteiger partial charge in [-0.2, -0.15) is 0 Å². The summed E-state index contributed by atoms with van der Waals surface area (Å²) >= 11 is 0. The summed E-state index contributed by atoms with van der Waals surface area (Å²) in [5.74, 6) is 1.19. The molecular formula is C16H26O. The summed E-state index contributed by atoms with van der Waals surface area (Å²) in [7, 11) is 0. The predicted octanol–water partition coefficient (Wildman–Crippen LogP) is 4.37. The standard InChI is InChI=1S/C16H26O/c1-12-11-15(2,3)14-7-5-6-9-16(14,4)13(12)8-10-17/h10,13-14H,1,5-9,11H2,2-4H3/t13-,14+,16+/m0/s1. The molecule has 2 aliphatic rings. The second-order valence-electron chi connectivity index (χ2n) is 7.08. The molecular weight excluding hydrogens is 208 g/mol. The van der Waals surface area contributed by atoms with Crippen LogP contribution in [-0.2, 0) is 4.79 Å². The maximum absolute atomic E-state index is 11.0. The Bertz CT molecular complexity index is 328. The van der Waals surface area contributed by atoms with E-state index >= 15 is 0 Å². The SMILES string of the molecule is C=C1CC(C)(C)[C@H]2CCCC[C@]2(C)[C@H]1CC=O. The number of aldehydes is 1. The van der Waals surface area contributed by atoms with Crippen molar-refractivity contribution in [2.75, 3.05) is 0 Å². The number of carbonyl (C=O) groups is 1. The molecule has 2 fully saturated rings. The topological polar surface area (TPSA) is 17.1 Å². The highest BCUT2D eigenvalue weighted by Gasteiger charge is 2.53. The van der Waals surface area contributed by atoms with Gasteiger partial charge in [0.25, 0.3) is 0 Å². The third-order valence-corrected chi connectivity index (χ3v) is 5.50. The fraction of sp³-hybridized carbons (Fsp3) is 0.812. The van der Waals surface area contributed by atoms with Crippen molar-refractivity contribution in [3.63, 3.8) is 0 Å². The Morgan fingerprint density at radius 3 is 2.71 bits per heavy atom. The Kier molecular flexibility index (Phi) is 3.22. The van der Waals surface area contributed by atoms with Gasteiger partial charge in [-0.1, -0.05) is 45.8 Å². The van der Waals surface area contributed by atoms with E-state index in [-0.39, 0.29) is 0 Å². The van der Waals surface area contributed by atoms with Gasteiger partial charge in [0.15, 0.2) is 0 Å². The fourth-order valence-corrected chi connectivity index (χ4v) is 4.89. The molecule has 0 aromatic heterocycles. The maximum atomic E-state index is 11.0. The summed E-state index contributed by atoms with van der Waals surface area (Å²) in [4.78, 5) is 11.0. The third-order valence-electron chi connectivity index (χ3n) is 5.50. The van der Waals surface area contributed by atoms with Gasteiger partial charge < -0.3 is 4.79 Å². The van der Waals surface area contributed by atoms with Crippen molar-refractivity contribution in [2.24, 2.45) is 22.7 Å². The van der Waals surface area contributed by atoms with Crippen LogP contribution in [0.2, 0.25) is 0 Å². The highest BCUT2D eigenvalue weighted by Crippen LogP contribution is 2.61. The summed E-state index contributed by atoms with van der Waals surface area (Å²) in [6.07, 6.45) is 8.19. The largest absolute Gasteiger partial charge is 0.303 e. The molecule has 0 saturated heterocycles. The molecule has 2 saturated carbocycles. The van der Waals surface area contributed by atoms with E-state index in [1.165, 1.54) is 31.3 Å². The third kappa shape index (κ3) is 1.98. The van der Waals surface area contributed by atoms with Crippen LogP contribution in [0.5, 0.6) is 0 Å². The van der Waals surface area contributed by atoms with E-state index in [9.17, 15) is 4.79 Å². The molecule has 96 valence electrons. The lowest BCUT2D eigenvalue weighted by atomic mass is 9.46. The fourth-order valence-electron chi connectivity index (χ4n) is 4.89. The van der Waals surface area contributed by atoms with E-state index in [4.69, 9.17) is 0 Å². The summed E-state index contributed by atoms with van der Waals surface area (Å²) < 4.78 is 0. The molecule has 1 heteroatoms. The van der Waals surface area contributed by atoms with E-state index in [1.807, 2.05) is 0 Å². The van der Waals surface area contributed by atoms with Crippen molar-refractivity contribution in [1.29, 1.82) is 0 Å². The smallest absolute Gasteiger partial charge is 0.120 e. The summed E-state index contributed by atoms with van der Waals surface area (Å²) in [6, 6.07) is 0. The normalized spacial score (nSPS) is 40.8. The molecule has 0 N–H and O–H groups in total. The van der Waals surface area contributed by atoms with Gasteiger partial charge in [0.2, 0.25) is 0 Å². The van der Waals surface area contributed by atoms with Gasteiger partial charge in [-0.15, -0.1) is 0 Å². The Balaban J connectivity index is 2.37. The van der Waals surface area contributed by atoms with Crippen molar-refractivity contribution < 1.29 is 4.79 Å². The Morgan fingerprint density at radius 1 is 1.35 bits per heavy atom. The molecule has 3 atom stereocenters. The average molecular weight is 234 g/mol. The molecule has 0 spiro atoms. The van der Waals surface area contributed by atoms with E-state index < -0.39 is 0 Å². The lowest BCUT2D eigenvalue weighted by Gasteiger charge is -2.58. The second kappa shape index (κ2) is 4.26. The number of rotatable bonds is 2. The number of hydrogen-bond acceptors (Lipinski definition) is 1. The quantitative estimate of drug-likeness (QED) is 0.512. The summed E-state index contributed by atoms with van der Waals surface area (Å²) in [6.45, 7) is 11.5. The van der Waals surface area contributed by atoms with Crippen molar-refractivity contribution in [3.8, 4) is 0 Å². The molecule has 0 bridgehead atoms. The number of fused-ring (bicyclic) bond motifs is 1. The lowest BCUT2D eigenvalue weighted by molar-refractivity contribution is -0.112. The van der Waals surface area contributed by atoms with Gasteiger partial charge >= 0.3 is 0 Å². The van der Waals surface area contributed by atoms with E-state index in [0.29, 0.717) is 23.2 Å². The zero-order chi connectivity index (χ0) is 12.7. The minimum atomic E-state index is 0.317. The monoisotopic (exact) mass is 234 g/mol. The first-order valence-corrected chi connectivity index (χ1v) is 7.03. The minimum absolute atomic E-state index is 0.317. The molecule has 0 unspecified atom stereocenters. The number of carbonyl (C=O) groups excluding carboxylic acids is 1. The Morgan fingerprint density at radius 2 is 2.06 bits per heavy atom. The zero-order valence-electron chi connectivity index (χ0n) is 11.6. The van der Waals surface area contributed by atoms with Gasteiger partial charge in [0.05, 0.1) is 0 Å². The number of allylic oxidation sites excluding steroid dienone is 1. The summed E-state index contributed by atoms with van der Waals surface area (Å²) in [5.41, 5.74) is 2.01. The van der Waals surface area contributed by atoms with Crippen LogP contribution in [-0.4, -0.2) is 6.29 Å². The Hall–Kier alpha value is -0.590. The van der Waals surface area contributed by atoms with Crippen LogP contribution in [0, 0.1) is 22.7 Å².